The summed E-state index contributed by atoms with van der Waals surface area (Å²) in [6, 6.07) is 14.1. The molecule has 0 spiro atoms. The van der Waals surface area contributed by atoms with Crippen LogP contribution in [-0.4, -0.2) is 0 Å². The zero-order valence-corrected chi connectivity index (χ0v) is 13.5. The normalized spacial score (nSPS) is 12.5. The van der Waals surface area contributed by atoms with E-state index in [2.05, 4.69) is 38.1 Å². The van der Waals surface area contributed by atoms with Gasteiger partial charge in [-0.15, -0.1) is 0 Å². The molecule has 0 saturated carbocycles. The molecule has 21 heavy (non-hydrogen) atoms. The molecule has 112 valence electrons. The lowest BCUT2D eigenvalue weighted by atomic mass is 10.0. The van der Waals surface area contributed by atoms with Crippen LogP contribution in [0.1, 0.15) is 49.4 Å². The van der Waals surface area contributed by atoms with Gasteiger partial charge in [0.25, 0.3) is 0 Å². The molecule has 2 aromatic carbocycles. The maximum absolute atomic E-state index is 6.23. The molecule has 2 aromatic rings. The van der Waals surface area contributed by atoms with Gasteiger partial charge in [-0.05, 0) is 41.7 Å². The molecule has 0 amide bonds. The molecule has 0 aliphatic rings. The van der Waals surface area contributed by atoms with Gasteiger partial charge in [-0.1, -0.05) is 55.8 Å². The predicted octanol–water partition coefficient (Wildman–Crippen LogP) is 5.06. The Morgan fingerprint density at radius 1 is 1.00 bits per heavy atom. The number of benzene rings is 2. The van der Waals surface area contributed by atoms with Crippen molar-refractivity contribution in [2.75, 3.05) is 0 Å². The van der Waals surface area contributed by atoms with Crippen LogP contribution in [0.4, 0.5) is 0 Å². The molecule has 0 aliphatic heterocycles. The van der Waals surface area contributed by atoms with Gasteiger partial charge >= 0.3 is 0 Å². The SMILES string of the molecule is CC(C)c1ccc(COc2ccc([C@H](C)N)cc2Cl)cc1. The summed E-state index contributed by atoms with van der Waals surface area (Å²) in [5.74, 6) is 1.23. The third-order valence-electron chi connectivity index (χ3n) is 3.52. The van der Waals surface area contributed by atoms with Crippen molar-refractivity contribution in [2.24, 2.45) is 5.73 Å². The molecule has 0 heterocycles. The smallest absolute Gasteiger partial charge is 0.138 e. The van der Waals surface area contributed by atoms with Crippen molar-refractivity contribution in [3.8, 4) is 5.75 Å². The molecule has 0 bridgehead atoms. The van der Waals surface area contributed by atoms with Gasteiger partial charge in [0.1, 0.15) is 12.4 Å². The van der Waals surface area contributed by atoms with Gasteiger partial charge in [0.05, 0.1) is 5.02 Å². The number of hydrogen-bond acceptors (Lipinski definition) is 2. The van der Waals surface area contributed by atoms with E-state index < -0.39 is 0 Å². The van der Waals surface area contributed by atoms with Crippen LogP contribution in [-0.2, 0) is 6.61 Å². The molecule has 2 N–H and O–H groups in total. The molecule has 0 radical (unpaired) electrons. The standard InChI is InChI=1S/C18H22ClNO/c1-12(2)15-6-4-14(5-7-15)11-21-18-9-8-16(13(3)20)10-17(18)19/h4-10,12-13H,11,20H2,1-3H3/t13-/m0/s1. The maximum atomic E-state index is 6.23. The Morgan fingerprint density at radius 2 is 1.62 bits per heavy atom. The Morgan fingerprint density at radius 3 is 2.14 bits per heavy atom. The van der Waals surface area contributed by atoms with Crippen LogP contribution in [0.3, 0.4) is 0 Å². The second kappa shape index (κ2) is 6.97. The minimum atomic E-state index is -0.0277. The molecule has 0 fully saturated rings. The third-order valence-corrected chi connectivity index (χ3v) is 3.82. The first kappa shape index (κ1) is 15.9. The fourth-order valence-electron chi connectivity index (χ4n) is 2.08. The Bertz CT molecular complexity index is 591. The number of rotatable bonds is 5. The van der Waals surface area contributed by atoms with E-state index in [0.717, 1.165) is 11.1 Å². The highest BCUT2D eigenvalue weighted by molar-refractivity contribution is 6.32. The van der Waals surface area contributed by atoms with E-state index in [1.54, 1.807) is 0 Å². The van der Waals surface area contributed by atoms with Gasteiger partial charge in [0, 0.05) is 6.04 Å². The summed E-state index contributed by atoms with van der Waals surface area (Å²) in [6.07, 6.45) is 0. The zero-order chi connectivity index (χ0) is 15.4. The van der Waals surface area contributed by atoms with Crippen molar-refractivity contribution < 1.29 is 4.74 Å². The van der Waals surface area contributed by atoms with E-state index in [0.29, 0.717) is 23.3 Å². The highest BCUT2D eigenvalue weighted by Crippen LogP contribution is 2.28. The molecule has 2 rings (SSSR count). The van der Waals surface area contributed by atoms with Crippen LogP contribution < -0.4 is 10.5 Å². The van der Waals surface area contributed by atoms with Crippen LogP contribution in [0, 0.1) is 0 Å². The van der Waals surface area contributed by atoms with E-state index in [9.17, 15) is 0 Å². The van der Waals surface area contributed by atoms with E-state index in [1.807, 2.05) is 25.1 Å². The van der Waals surface area contributed by atoms with E-state index >= 15 is 0 Å². The van der Waals surface area contributed by atoms with Gasteiger partial charge in [0.15, 0.2) is 0 Å². The van der Waals surface area contributed by atoms with Crippen molar-refractivity contribution in [1.82, 2.24) is 0 Å². The first-order valence-electron chi connectivity index (χ1n) is 7.24. The van der Waals surface area contributed by atoms with Crippen molar-refractivity contribution in [1.29, 1.82) is 0 Å². The average molecular weight is 304 g/mol. The highest BCUT2D eigenvalue weighted by atomic mass is 35.5. The van der Waals surface area contributed by atoms with Gasteiger partial charge in [0.2, 0.25) is 0 Å². The minimum Gasteiger partial charge on any atom is -0.487 e. The topological polar surface area (TPSA) is 35.2 Å². The summed E-state index contributed by atoms with van der Waals surface area (Å²) in [5.41, 5.74) is 9.31. The maximum Gasteiger partial charge on any atom is 0.138 e. The monoisotopic (exact) mass is 303 g/mol. The van der Waals surface area contributed by atoms with E-state index in [4.69, 9.17) is 22.1 Å². The molecular formula is C18H22ClNO. The van der Waals surface area contributed by atoms with Crippen molar-refractivity contribution in [3.05, 3.63) is 64.2 Å². The van der Waals surface area contributed by atoms with Crippen molar-refractivity contribution >= 4 is 11.6 Å². The first-order chi connectivity index (χ1) is 9.97. The van der Waals surface area contributed by atoms with Crippen LogP contribution in [0.2, 0.25) is 5.02 Å². The van der Waals surface area contributed by atoms with E-state index in [-0.39, 0.29) is 6.04 Å². The summed E-state index contributed by atoms with van der Waals surface area (Å²) < 4.78 is 5.79. The summed E-state index contributed by atoms with van der Waals surface area (Å²) >= 11 is 6.23. The Hall–Kier alpha value is -1.51. The van der Waals surface area contributed by atoms with Crippen molar-refractivity contribution in [3.63, 3.8) is 0 Å². The predicted molar refractivity (Wildman–Crippen MR) is 88.9 cm³/mol. The lowest BCUT2D eigenvalue weighted by molar-refractivity contribution is 0.306. The van der Waals surface area contributed by atoms with Gasteiger partial charge in [-0.2, -0.15) is 0 Å². The van der Waals surface area contributed by atoms with Gasteiger partial charge < -0.3 is 10.5 Å². The summed E-state index contributed by atoms with van der Waals surface area (Å²) in [4.78, 5) is 0. The average Bonchev–Trinajstić information content (AvgIpc) is 2.46. The number of nitrogens with two attached hydrogens (primary N) is 1. The lowest BCUT2D eigenvalue weighted by Gasteiger charge is -2.12. The van der Waals surface area contributed by atoms with Crippen LogP contribution >= 0.6 is 11.6 Å². The Kier molecular flexibility index (Phi) is 5.27. The zero-order valence-electron chi connectivity index (χ0n) is 12.8. The number of hydrogen-bond donors (Lipinski definition) is 1. The molecule has 0 aliphatic carbocycles. The fraction of sp³-hybridized carbons (Fsp3) is 0.333. The Balaban J connectivity index is 2.02. The largest absolute Gasteiger partial charge is 0.487 e. The van der Waals surface area contributed by atoms with Crippen molar-refractivity contribution in [2.45, 2.75) is 39.3 Å². The Labute approximate surface area is 131 Å². The molecule has 0 unspecified atom stereocenters. The highest BCUT2D eigenvalue weighted by Gasteiger charge is 2.06. The summed E-state index contributed by atoms with van der Waals surface area (Å²) in [7, 11) is 0. The van der Waals surface area contributed by atoms with Crippen LogP contribution in [0.25, 0.3) is 0 Å². The number of halogens is 1. The third kappa shape index (κ3) is 4.23. The molecule has 3 heteroatoms. The van der Waals surface area contributed by atoms with Crippen LogP contribution in [0.15, 0.2) is 42.5 Å². The number of ether oxygens (including phenoxy) is 1. The van der Waals surface area contributed by atoms with Gasteiger partial charge in [-0.3, -0.25) is 0 Å². The fourth-order valence-corrected chi connectivity index (χ4v) is 2.32. The van der Waals surface area contributed by atoms with Crippen LogP contribution in [0.5, 0.6) is 5.75 Å². The minimum absolute atomic E-state index is 0.0277. The quantitative estimate of drug-likeness (QED) is 0.837. The summed E-state index contributed by atoms with van der Waals surface area (Å²) in [6.45, 7) is 6.81. The first-order valence-corrected chi connectivity index (χ1v) is 7.62. The molecule has 0 aromatic heterocycles. The van der Waals surface area contributed by atoms with E-state index in [1.165, 1.54) is 5.56 Å². The second-order valence-corrected chi connectivity index (χ2v) is 6.07. The summed E-state index contributed by atoms with van der Waals surface area (Å²) in [5, 5.41) is 0.601. The molecular weight excluding hydrogens is 282 g/mol. The van der Waals surface area contributed by atoms with Gasteiger partial charge in [-0.25, -0.2) is 0 Å². The second-order valence-electron chi connectivity index (χ2n) is 5.66. The molecule has 0 saturated heterocycles. The molecule has 1 atom stereocenters. The molecule has 2 nitrogen and oxygen atoms in total. The lowest BCUT2D eigenvalue weighted by Crippen LogP contribution is -2.05.